The summed E-state index contributed by atoms with van der Waals surface area (Å²) in [6.07, 6.45) is 0. The minimum absolute atomic E-state index is 0.241. The summed E-state index contributed by atoms with van der Waals surface area (Å²) in [5.41, 5.74) is 1.39. The van der Waals surface area contributed by atoms with E-state index in [2.05, 4.69) is 10.6 Å². The number of carbonyl (C=O) groups excluding carboxylic acids is 3. The zero-order chi connectivity index (χ0) is 23.1. The number of hydrogen-bond acceptors (Lipinski definition) is 5. The van der Waals surface area contributed by atoms with E-state index >= 15 is 0 Å². The molecule has 0 bridgehead atoms. The van der Waals surface area contributed by atoms with Crippen molar-refractivity contribution in [1.82, 2.24) is 5.32 Å². The minimum Gasteiger partial charge on any atom is -0.495 e. The Kier molecular flexibility index (Phi) is 8.71. The van der Waals surface area contributed by atoms with E-state index in [4.69, 9.17) is 32.7 Å². The lowest BCUT2D eigenvalue weighted by Crippen LogP contribution is -2.46. The van der Waals surface area contributed by atoms with Crippen molar-refractivity contribution in [3.05, 3.63) is 57.6 Å². The van der Waals surface area contributed by atoms with Crippen LogP contribution < -0.4 is 15.4 Å². The first-order chi connectivity index (χ1) is 14.6. The van der Waals surface area contributed by atoms with Gasteiger partial charge in [-0.25, -0.2) is 4.79 Å². The fraction of sp³-hybridized carbons (Fsp3) is 0.318. The summed E-state index contributed by atoms with van der Waals surface area (Å²) in [5, 5.41) is 6.00. The minimum atomic E-state index is -0.955. The zero-order valence-electron chi connectivity index (χ0n) is 17.6. The Bertz CT molecular complexity index is 978. The molecule has 1 atom stereocenters. The highest BCUT2D eigenvalue weighted by Gasteiger charge is 2.27. The molecule has 2 aromatic rings. The second kappa shape index (κ2) is 11.0. The number of aryl methyl sites for hydroxylation is 1. The van der Waals surface area contributed by atoms with Gasteiger partial charge in [0.25, 0.3) is 11.8 Å². The van der Waals surface area contributed by atoms with Crippen molar-refractivity contribution >= 4 is 46.7 Å². The number of amides is 2. The molecule has 166 valence electrons. The van der Waals surface area contributed by atoms with Gasteiger partial charge >= 0.3 is 5.97 Å². The van der Waals surface area contributed by atoms with Crippen LogP contribution in [0.25, 0.3) is 0 Å². The lowest BCUT2D eigenvalue weighted by atomic mass is 10.0. The Morgan fingerprint density at radius 3 is 2.35 bits per heavy atom. The van der Waals surface area contributed by atoms with Crippen molar-refractivity contribution in [2.75, 3.05) is 19.0 Å². The predicted molar refractivity (Wildman–Crippen MR) is 120 cm³/mol. The molecule has 0 aliphatic rings. The number of benzene rings is 2. The van der Waals surface area contributed by atoms with E-state index in [1.807, 2.05) is 0 Å². The van der Waals surface area contributed by atoms with Crippen LogP contribution >= 0.6 is 23.2 Å². The first-order valence-corrected chi connectivity index (χ1v) is 10.3. The summed E-state index contributed by atoms with van der Waals surface area (Å²) in [6.45, 7) is 4.75. The molecule has 31 heavy (non-hydrogen) atoms. The van der Waals surface area contributed by atoms with Crippen LogP contribution in [0.15, 0.2) is 36.4 Å². The molecule has 0 aliphatic heterocycles. The zero-order valence-corrected chi connectivity index (χ0v) is 19.1. The van der Waals surface area contributed by atoms with Crippen molar-refractivity contribution < 1.29 is 23.9 Å². The molecule has 0 fully saturated rings. The summed E-state index contributed by atoms with van der Waals surface area (Å²) >= 11 is 12.1. The quantitative estimate of drug-likeness (QED) is 0.567. The first-order valence-electron chi connectivity index (χ1n) is 9.50. The Morgan fingerprint density at radius 1 is 1.06 bits per heavy atom. The number of ether oxygens (including phenoxy) is 2. The van der Waals surface area contributed by atoms with Gasteiger partial charge in [0.05, 0.1) is 23.4 Å². The Morgan fingerprint density at radius 2 is 1.74 bits per heavy atom. The molecule has 9 heteroatoms. The van der Waals surface area contributed by atoms with Gasteiger partial charge < -0.3 is 20.1 Å². The number of esters is 1. The molecule has 7 nitrogen and oxygen atoms in total. The second-order valence-corrected chi connectivity index (χ2v) is 7.95. The van der Waals surface area contributed by atoms with E-state index in [1.165, 1.54) is 7.11 Å². The fourth-order valence-corrected chi connectivity index (χ4v) is 3.08. The molecule has 2 rings (SSSR count). The maximum Gasteiger partial charge on any atom is 0.329 e. The monoisotopic (exact) mass is 466 g/mol. The van der Waals surface area contributed by atoms with Gasteiger partial charge in [0.15, 0.2) is 6.61 Å². The molecular weight excluding hydrogens is 443 g/mol. The molecule has 0 aromatic heterocycles. The van der Waals surface area contributed by atoms with Gasteiger partial charge in [0, 0.05) is 11.1 Å². The number of hydrogen-bond donors (Lipinski definition) is 2. The maximum absolute atomic E-state index is 12.5. The van der Waals surface area contributed by atoms with Crippen LogP contribution in [0.5, 0.6) is 5.75 Å². The summed E-state index contributed by atoms with van der Waals surface area (Å²) in [4.78, 5) is 37.3. The number of halogens is 2. The van der Waals surface area contributed by atoms with Crippen molar-refractivity contribution in [2.24, 2.45) is 5.92 Å². The van der Waals surface area contributed by atoms with Crippen molar-refractivity contribution in [3.8, 4) is 5.75 Å². The number of methoxy groups -OCH3 is 1. The van der Waals surface area contributed by atoms with E-state index in [0.29, 0.717) is 16.5 Å². The summed E-state index contributed by atoms with van der Waals surface area (Å²) in [6, 6.07) is 8.78. The average molecular weight is 467 g/mol. The predicted octanol–water partition coefficient (Wildman–Crippen LogP) is 4.25. The molecule has 2 N–H and O–H groups in total. The summed E-state index contributed by atoms with van der Waals surface area (Å²) in [5.74, 6) is -1.70. The second-order valence-electron chi connectivity index (χ2n) is 7.13. The van der Waals surface area contributed by atoms with E-state index in [0.717, 1.165) is 5.56 Å². The SMILES string of the molecule is COc1cc(Cl)c(C)cc1NC(=O)COC(=O)[C@@H](NC(=O)c1ccccc1Cl)C(C)C. The van der Waals surface area contributed by atoms with Crippen LogP contribution in [0.3, 0.4) is 0 Å². The molecule has 0 saturated carbocycles. The Hall–Kier alpha value is -2.77. The highest BCUT2D eigenvalue weighted by atomic mass is 35.5. The van der Waals surface area contributed by atoms with Crippen molar-refractivity contribution in [2.45, 2.75) is 26.8 Å². The summed E-state index contributed by atoms with van der Waals surface area (Å²) in [7, 11) is 1.45. The normalized spacial score (nSPS) is 11.6. The van der Waals surface area contributed by atoms with Gasteiger partial charge in [-0.1, -0.05) is 49.2 Å². The van der Waals surface area contributed by atoms with E-state index in [-0.39, 0.29) is 16.5 Å². The summed E-state index contributed by atoms with van der Waals surface area (Å²) < 4.78 is 10.3. The topological polar surface area (TPSA) is 93.7 Å². The van der Waals surface area contributed by atoms with Crippen LogP contribution in [0.1, 0.15) is 29.8 Å². The molecule has 0 aliphatic carbocycles. The van der Waals surface area contributed by atoms with Crippen molar-refractivity contribution in [3.63, 3.8) is 0 Å². The molecule has 0 spiro atoms. The van der Waals surface area contributed by atoms with Gasteiger partial charge in [-0.3, -0.25) is 9.59 Å². The standard InChI is InChI=1S/C22H24Cl2N2O5/c1-12(2)20(26-21(28)14-7-5-6-8-15(14)23)22(29)31-11-19(27)25-17-9-13(3)16(24)10-18(17)30-4/h5-10,12,20H,11H2,1-4H3,(H,25,27)(H,26,28)/t20-/m0/s1. The molecule has 2 aromatic carbocycles. The molecular formula is C22H24Cl2N2O5. The largest absolute Gasteiger partial charge is 0.495 e. The Balaban J connectivity index is 2.00. The van der Waals surface area contributed by atoms with Gasteiger partial charge in [0.2, 0.25) is 0 Å². The van der Waals surface area contributed by atoms with Crippen molar-refractivity contribution in [1.29, 1.82) is 0 Å². The van der Waals surface area contributed by atoms with Crippen LogP contribution in [0, 0.1) is 12.8 Å². The highest BCUT2D eigenvalue weighted by Crippen LogP contribution is 2.30. The van der Waals surface area contributed by atoms with Gasteiger partial charge in [0.1, 0.15) is 11.8 Å². The number of carbonyl (C=O) groups is 3. The van der Waals surface area contributed by atoms with E-state index < -0.39 is 30.4 Å². The molecule has 0 radical (unpaired) electrons. The number of anilines is 1. The van der Waals surface area contributed by atoms with Gasteiger partial charge in [-0.2, -0.15) is 0 Å². The van der Waals surface area contributed by atoms with Gasteiger partial charge in [-0.15, -0.1) is 0 Å². The lowest BCUT2D eigenvalue weighted by molar-refractivity contribution is -0.150. The molecule has 0 unspecified atom stereocenters. The van der Waals surface area contributed by atoms with Crippen LogP contribution in [-0.4, -0.2) is 37.5 Å². The van der Waals surface area contributed by atoms with E-state index in [1.54, 1.807) is 57.2 Å². The highest BCUT2D eigenvalue weighted by molar-refractivity contribution is 6.33. The fourth-order valence-electron chi connectivity index (χ4n) is 2.70. The smallest absolute Gasteiger partial charge is 0.329 e. The molecule has 0 saturated heterocycles. The Labute approximate surface area is 191 Å². The lowest BCUT2D eigenvalue weighted by Gasteiger charge is -2.21. The third-order valence-corrected chi connectivity index (χ3v) is 5.16. The van der Waals surface area contributed by atoms with Crippen LogP contribution in [0.4, 0.5) is 5.69 Å². The molecule has 2 amide bonds. The third kappa shape index (κ3) is 6.60. The number of rotatable bonds is 8. The van der Waals surface area contributed by atoms with Crippen LogP contribution in [-0.2, 0) is 14.3 Å². The number of nitrogens with one attached hydrogen (secondary N) is 2. The maximum atomic E-state index is 12.5. The van der Waals surface area contributed by atoms with E-state index in [9.17, 15) is 14.4 Å². The molecule has 0 heterocycles. The average Bonchev–Trinajstić information content (AvgIpc) is 2.72. The van der Waals surface area contributed by atoms with Gasteiger partial charge in [-0.05, 0) is 36.6 Å². The first kappa shape index (κ1) is 24.5. The van der Waals surface area contributed by atoms with Crippen LogP contribution in [0.2, 0.25) is 10.0 Å². The third-order valence-electron chi connectivity index (χ3n) is 4.43.